The monoisotopic (exact) mass is 319 g/mol. The Hall–Kier alpha value is -1.07. The molecule has 1 aromatic rings. The highest BCUT2D eigenvalue weighted by molar-refractivity contribution is 9.10. The zero-order valence-corrected chi connectivity index (χ0v) is 11.4. The molecule has 6 heteroatoms. The van der Waals surface area contributed by atoms with Crippen molar-refractivity contribution in [2.45, 2.75) is 19.4 Å². The average Bonchev–Trinajstić information content (AvgIpc) is 2.21. The number of hydrogen-bond acceptors (Lipinski definition) is 2. The van der Waals surface area contributed by atoms with Gasteiger partial charge in [0.2, 0.25) is 5.91 Å². The van der Waals surface area contributed by atoms with E-state index < -0.39 is 12.0 Å². The molecular weight excluding hydrogens is 309 g/mol. The van der Waals surface area contributed by atoms with Crippen LogP contribution in [-0.4, -0.2) is 23.0 Å². The first kappa shape index (κ1) is 14.0. The Bertz CT molecular complexity index is 450. The van der Waals surface area contributed by atoms with Crippen molar-refractivity contribution in [3.63, 3.8) is 0 Å². The van der Waals surface area contributed by atoms with Gasteiger partial charge >= 0.3 is 5.97 Å². The SMILES string of the molecule is CC(=O)NC(Cc1ccc(Cl)c(Br)c1)C(=O)O. The molecule has 2 N–H and O–H groups in total. The highest BCUT2D eigenvalue weighted by Crippen LogP contribution is 2.23. The minimum atomic E-state index is -1.06. The number of halogens is 2. The van der Waals surface area contributed by atoms with Crippen molar-refractivity contribution in [3.8, 4) is 0 Å². The molecule has 0 aromatic heterocycles. The zero-order chi connectivity index (χ0) is 13.0. The van der Waals surface area contributed by atoms with E-state index in [1.54, 1.807) is 18.2 Å². The molecule has 0 aliphatic rings. The van der Waals surface area contributed by atoms with Gasteiger partial charge in [-0.1, -0.05) is 17.7 Å². The molecule has 17 heavy (non-hydrogen) atoms. The fourth-order valence-corrected chi connectivity index (χ4v) is 1.89. The van der Waals surface area contributed by atoms with Crippen molar-refractivity contribution in [1.29, 1.82) is 0 Å². The normalized spacial score (nSPS) is 11.9. The van der Waals surface area contributed by atoms with Gasteiger partial charge in [0.1, 0.15) is 6.04 Å². The average molecular weight is 321 g/mol. The summed E-state index contributed by atoms with van der Waals surface area (Å²) in [6, 6.07) is 4.21. The summed E-state index contributed by atoms with van der Waals surface area (Å²) in [7, 11) is 0. The molecule has 0 radical (unpaired) electrons. The van der Waals surface area contributed by atoms with Gasteiger partial charge in [0, 0.05) is 17.8 Å². The second-order valence-electron chi connectivity index (χ2n) is 3.54. The molecule has 0 spiro atoms. The first-order valence-corrected chi connectivity index (χ1v) is 6.01. The smallest absolute Gasteiger partial charge is 0.326 e. The van der Waals surface area contributed by atoms with Gasteiger partial charge in [-0.05, 0) is 33.6 Å². The Morgan fingerprint density at radius 2 is 2.18 bits per heavy atom. The fourth-order valence-electron chi connectivity index (χ4n) is 1.35. The lowest BCUT2D eigenvalue weighted by Gasteiger charge is -2.13. The number of nitrogens with one attached hydrogen (secondary N) is 1. The lowest BCUT2D eigenvalue weighted by Crippen LogP contribution is -2.41. The first-order chi connectivity index (χ1) is 7.90. The Labute approximate surface area is 112 Å². The summed E-state index contributed by atoms with van der Waals surface area (Å²) in [4.78, 5) is 21.8. The maximum absolute atomic E-state index is 10.9. The van der Waals surface area contributed by atoms with Crippen molar-refractivity contribution in [1.82, 2.24) is 5.32 Å². The molecule has 1 rings (SSSR count). The summed E-state index contributed by atoms with van der Waals surface area (Å²) in [6.07, 6.45) is 0.213. The number of benzene rings is 1. The molecule has 4 nitrogen and oxygen atoms in total. The molecule has 0 bridgehead atoms. The predicted octanol–water partition coefficient (Wildman–Crippen LogP) is 2.23. The van der Waals surface area contributed by atoms with E-state index in [2.05, 4.69) is 21.2 Å². The predicted molar refractivity (Wildman–Crippen MR) is 68.1 cm³/mol. The van der Waals surface area contributed by atoms with Crippen molar-refractivity contribution in [3.05, 3.63) is 33.3 Å². The van der Waals surface area contributed by atoms with Crippen LogP contribution < -0.4 is 5.32 Å². The Kier molecular flexibility index (Phi) is 4.96. The summed E-state index contributed by atoms with van der Waals surface area (Å²) >= 11 is 9.09. The third-order valence-electron chi connectivity index (χ3n) is 2.10. The van der Waals surface area contributed by atoms with E-state index in [-0.39, 0.29) is 12.3 Å². The molecule has 0 aliphatic carbocycles. The third-order valence-corrected chi connectivity index (χ3v) is 3.31. The van der Waals surface area contributed by atoms with Crippen molar-refractivity contribution < 1.29 is 14.7 Å². The fraction of sp³-hybridized carbons (Fsp3) is 0.273. The van der Waals surface area contributed by atoms with Crippen LogP contribution in [-0.2, 0) is 16.0 Å². The molecule has 0 saturated heterocycles. The second kappa shape index (κ2) is 6.02. The summed E-state index contributed by atoms with van der Waals surface area (Å²) in [5.41, 5.74) is 0.780. The zero-order valence-electron chi connectivity index (χ0n) is 9.04. The van der Waals surface area contributed by atoms with Gasteiger partial charge in [-0.25, -0.2) is 4.79 Å². The van der Waals surface area contributed by atoms with Gasteiger partial charge in [-0.2, -0.15) is 0 Å². The number of carboxylic acids is 1. The van der Waals surface area contributed by atoms with E-state index in [1.807, 2.05) is 0 Å². The number of aliphatic carboxylic acids is 1. The number of carbonyl (C=O) groups excluding carboxylic acids is 1. The van der Waals surface area contributed by atoms with Gasteiger partial charge < -0.3 is 10.4 Å². The maximum atomic E-state index is 10.9. The van der Waals surface area contributed by atoms with E-state index >= 15 is 0 Å². The van der Waals surface area contributed by atoms with Crippen LogP contribution in [0.2, 0.25) is 5.02 Å². The number of rotatable bonds is 4. The molecule has 0 heterocycles. The van der Waals surface area contributed by atoms with Crippen LogP contribution in [0.4, 0.5) is 0 Å². The molecule has 1 atom stereocenters. The summed E-state index contributed by atoms with van der Waals surface area (Å²) in [6.45, 7) is 1.29. The Morgan fingerprint density at radius 1 is 1.53 bits per heavy atom. The van der Waals surface area contributed by atoms with Crippen LogP contribution in [0.15, 0.2) is 22.7 Å². The van der Waals surface area contributed by atoms with E-state index in [9.17, 15) is 9.59 Å². The Morgan fingerprint density at radius 3 is 2.65 bits per heavy atom. The van der Waals surface area contributed by atoms with Crippen molar-refractivity contribution >= 4 is 39.4 Å². The van der Waals surface area contributed by atoms with E-state index in [1.165, 1.54) is 6.92 Å². The molecule has 0 saturated carbocycles. The van der Waals surface area contributed by atoms with Crippen LogP contribution in [0.25, 0.3) is 0 Å². The number of carboxylic acid groups (broad SMARTS) is 1. The van der Waals surface area contributed by atoms with Crippen LogP contribution in [0.1, 0.15) is 12.5 Å². The van der Waals surface area contributed by atoms with Crippen LogP contribution in [0, 0.1) is 0 Å². The Balaban J connectivity index is 2.82. The molecule has 1 amide bonds. The molecule has 1 aromatic carbocycles. The van der Waals surface area contributed by atoms with E-state index in [4.69, 9.17) is 16.7 Å². The lowest BCUT2D eigenvalue weighted by atomic mass is 10.1. The highest BCUT2D eigenvalue weighted by Gasteiger charge is 2.18. The quantitative estimate of drug-likeness (QED) is 0.894. The number of hydrogen-bond donors (Lipinski definition) is 2. The van der Waals surface area contributed by atoms with Crippen molar-refractivity contribution in [2.75, 3.05) is 0 Å². The first-order valence-electron chi connectivity index (χ1n) is 4.84. The number of carbonyl (C=O) groups is 2. The van der Waals surface area contributed by atoms with E-state index in [0.29, 0.717) is 9.50 Å². The standard InChI is InChI=1S/C11H11BrClNO3/c1-6(15)14-10(11(16)17)5-7-2-3-9(13)8(12)4-7/h2-4,10H,5H2,1H3,(H,14,15)(H,16,17). The largest absolute Gasteiger partial charge is 0.480 e. The second-order valence-corrected chi connectivity index (χ2v) is 4.81. The highest BCUT2D eigenvalue weighted by atomic mass is 79.9. The maximum Gasteiger partial charge on any atom is 0.326 e. The summed E-state index contributed by atoms with van der Waals surface area (Å²) < 4.78 is 0.698. The van der Waals surface area contributed by atoms with Gasteiger partial charge in [0.05, 0.1) is 5.02 Å². The summed E-state index contributed by atoms with van der Waals surface area (Å²) in [5.74, 6) is -1.43. The van der Waals surface area contributed by atoms with Gasteiger partial charge in [-0.15, -0.1) is 0 Å². The molecule has 0 fully saturated rings. The minimum Gasteiger partial charge on any atom is -0.480 e. The van der Waals surface area contributed by atoms with Gasteiger partial charge in [-0.3, -0.25) is 4.79 Å². The molecular formula is C11H11BrClNO3. The van der Waals surface area contributed by atoms with Crippen LogP contribution in [0.3, 0.4) is 0 Å². The molecule has 92 valence electrons. The molecule has 0 aliphatic heterocycles. The topological polar surface area (TPSA) is 66.4 Å². The van der Waals surface area contributed by atoms with Gasteiger partial charge in [0.25, 0.3) is 0 Å². The van der Waals surface area contributed by atoms with Crippen LogP contribution in [0.5, 0.6) is 0 Å². The molecule has 1 unspecified atom stereocenters. The van der Waals surface area contributed by atoms with E-state index in [0.717, 1.165) is 5.56 Å². The van der Waals surface area contributed by atoms with Gasteiger partial charge in [0.15, 0.2) is 0 Å². The lowest BCUT2D eigenvalue weighted by molar-refractivity contribution is -0.141. The third kappa shape index (κ3) is 4.36. The summed E-state index contributed by atoms with van der Waals surface area (Å²) in [5, 5.41) is 11.9. The minimum absolute atomic E-state index is 0.213. The number of amides is 1. The van der Waals surface area contributed by atoms with Crippen molar-refractivity contribution in [2.24, 2.45) is 0 Å². The van der Waals surface area contributed by atoms with Crippen LogP contribution >= 0.6 is 27.5 Å².